The van der Waals surface area contributed by atoms with Crippen molar-refractivity contribution in [1.82, 2.24) is 20.3 Å². The Hall–Kier alpha value is -1.23. The van der Waals surface area contributed by atoms with Gasteiger partial charge in [0.2, 0.25) is 0 Å². The van der Waals surface area contributed by atoms with Gasteiger partial charge in [0, 0.05) is 7.05 Å². The van der Waals surface area contributed by atoms with Gasteiger partial charge in [-0.25, -0.2) is 4.68 Å². The summed E-state index contributed by atoms with van der Waals surface area (Å²) in [6.45, 7) is 0.321. The highest BCUT2D eigenvalue weighted by Gasteiger charge is 2.08. The minimum absolute atomic E-state index is 0.000000000000000444. The average Bonchev–Trinajstić information content (AvgIpc) is 2.36. The molecule has 5 heteroatoms. The van der Waals surface area contributed by atoms with Crippen LogP contribution in [-0.2, 0) is 7.05 Å². The third-order valence-corrected chi connectivity index (χ3v) is 1.34. The molecule has 60 valence electrons. The van der Waals surface area contributed by atoms with Crippen LogP contribution in [0.15, 0.2) is 6.20 Å². The molecule has 1 N–H and O–H groups in total. The van der Waals surface area contributed by atoms with E-state index in [1.807, 2.05) is 0 Å². The molecule has 0 spiro atoms. The van der Waals surface area contributed by atoms with Crippen LogP contribution < -0.4 is 5.32 Å². The molecule has 5 nitrogen and oxygen atoms in total. The smallest absolute Gasteiger partial charge is 0.196 e. The van der Waals surface area contributed by atoms with E-state index in [1.165, 1.54) is 10.9 Å². The molecule has 0 amide bonds. The first-order valence-corrected chi connectivity index (χ1v) is 3.28. The molecule has 0 bridgehead atoms. The largest absolute Gasteiger partial charge is 0.313 e. The Kier molecular flexibility index (Phi) is 2.32. The number of nitrogens with one attached hydrogen (secondary N) is 1. The number of nitrogens with zero attached hydrogens (tertiary/aromatic N) is 3. The summed E-state index contributed by atoms with van der Waals surface area (Å²) in [4.78, 5) is 11.2. The van der Waals surface area contributed by atoms with Crippen LogP contribution in [0.3, 0.4) is 0 Å². The van der Waals surface area contributed by atoms with Crippen LogP contribution in [0.2, 0.25) is 0 Å². The Morgan fingerprint density at radius 1 is 1.82 bits per heavy atom. The summed E-state index contributed by atoms with van der Waals surface area (Å²) in [5.41, 5.74) is 0.527. The molecule has 0 unspecified atom stereocenters. The van der Waals surface area contributed by atoms with Crippen molar-refractivity contribution in [1.29, 1.82) is 0 Å². The molecule has 1 heterocycles. The minimum atomic E-state index is 0.000000000000000444. The van der Waals surface area contributed by atoms with Crippen molar-refractivity contribution in [3.63, 3.8) is 0 Å². The fourth-order valence-corrected chi connectivity index (χ4v) is 0.793. The van der Waals surface area contributed by atoms with Crippen LogP contribution in [0.25, 0.3) is 0 Å². The van der Waals surface area contributed by atoms with E-state index < -0.39 is 0 Å². The Morgan fingerprint density at radius 2 is 2.55 bits per heavy atom. The van der Waals surface area contributed by atoms with E-state index in [0.717, 1.165) is 0 Å². The van der Waals surface area contributed by atoms with E-state index >= 15 is 0 Å². The number of ketones is 1. The summed E-state index contributed by atoms with van der Waals surface area (Å²) < 4.78 is 1.46. The number of aromatic nitrogens is 3. The predicted molar refractivity (Wildman–Crippen MR) is 39.3 cm³/mol. The first-order valence-electron chi connectivity index (χ1n) is 3.28. The molecule has 0 radical (unpaired) electrons. The summed E-state index contributed by atoms with van der Waals surface area (Å²) >= 11 is 0. The van der Waals surface area contributed by atoms with Crippen LogP contribution in [0.1, 0.15) is 10.5 Å². The quantitative estimate of drug-likeness (QED) is 0.580. The maximum absolute atomic E-state index is 11.2. The fraction of sp³-hybridized carbons (Fsp3) is 0.500. The highest BCUT2D eigenvalue weighted by Crippen LogP contribution is 1.93. The van der Waals surface area contributed by atoms with Gasteiger partial charge in [-0.1, -0.05) is 5.21 Å². The zero-order chi connectivity index (χ0) is 8.27. The van der Waals surface area contributed by atoms with Crippen molar-refractivity contribution in [3.8, 4) is 0 Å². The molecule has 1 rings (SSSR count). The molecule has 0 aliphatic heterocycles. The van der Waals surface area contributed by atoms with Crippen molar-refractivity contribution in [2.24, 2.45) is 7.05 Å². The molecule has 0 saturated carbocycles. The maximum Gasteiger partial charge on any atom is 0.196 e. The number of carbonyl (C=O) groups excluding carboxylic acids is 1. The van der Waals surface area contributed by atoms with Crippen molar-refractivity contribution in [2.75, 3.05) is 13.6 Å². The van der Waals surface area contributed by atoms with Crippen LogP contribution in [-0.4, -0.2) is 34.4 Å². The zero-order valence-electron chi connectivity index (χ0n) is 6.53. The molecule has 1 aromatic heterocycles. The highest BCUT2D eigenvalue weighted by atomic mass is 16.1. The van der Waals surface area contributed by atoms with Gasteiger partial charge in [-0.15, -0.1) is 5.10 Å². The van der Waals surface area contributed by atoms with Crippen LogP contribution in [0.4, 0.5) is 0 Å². The first-order chi connectivity index (χ1) is 5.25. The summed E-state index contributed by atoms with van der Waals surface area (Å²) in [6.07, 6.45) is 1.46. The summed E-state index contributed by atoms with van der Waals surface area (Å²) in [7, 11) is 3.41. The molecule has 0 fully saturated rings. The van der Waals surface area contributed by atoms with Gasteiger partial charge in [-0.2, -0.15) is 0 Å². The van der Waals surface area contributed by atoms with Gasteiger partial charge < -0.3 is 5.32 Å². The normalized spacial score (nSPS) is 10.0. The van der Waals surface area contributed by atoms with E-state index in [-0.39, 0.29) is 5.78 Å². The van der Waals surface area contributed by atoms with Crippen LogP contribution >= 0.6 is 0 Å². The van der Waals surface area contributed by atoms with Gasteiger partial charge in [-0.05, 0) is 7.05 Å². The molecular formula is C6H10N4O. The summed E-state index contributed by atoms with van der Waals surface area (Å²) in [6, 6.07) is 0. The fourth-order valence-electron chi connectivity index (χ4n) is 0.793. The van der Waals surface area contributed by atoms with Gasteiger partial charge >= 0.3 is 0 Å². The molecule has 0 aromatic carbocycles. The van der Waals surface area contributed by atoms with Gasteiger partial charge in [0.25, 0.3) is 0 Å². The lowest BCUT2D eigenvalue weighted by molar-refractivity contribution is 0.0984. The summed E-state index contributed by atoms with van der Waals surface area (Å²) in [5, 5.41) is 9.99. The van der Waals surface area contributed by atoms with Gasteiger partial charge in [0.15, 0.2) is 5.78 Å². The maximum atomic E-state index is 11.2. The van der Waals surface area contributed by atoms with Crippen molar-refractivity contribution in [2.45, 2.75) is 0 Å². The second-order valence-electron chi connectivity index (χ2n) is 2.20. The molecule has 0 aliphatic carbocycles. The molecule has 0 saturated heterocycles. The Labute approximate surface area is 64.4 Å². The van der Waals surface area contributed by atoms with Crippen LogP contribution in [0.5, 0.6) is 0 Å². The number of carbonyl (C=O) groups is 1. The highest BCUT2D eigenvalue weighted by molar-refractivity contribution is 5.95. The first kappa shape index (κ1) is 7.87. The van der Waals surface area contributed by atoms with E-state index in [4.69, 9.17) is 0 Å². The Balaban J connectivity index is 2.76. The van der Waals surface area contributed by atoms with Crippen LogP contribution in [0, 0.1) is 0 Å². The molecule has 0 aliphatic rings. The number of hydrogen-bond acceptors (Lipinski definition) is 4. The number of likely N-dealkylation sites (N-methyl/N-ethyl adjacent to an activating group) is 1. The Morgan fingerprint density at radius 3 is 3.00 bits per heavy atom. The molecular weight excluding hydrogens is 144 g/mol. The lowest BCUT2D eigenvalue weighted by atomic mass is 10.3. The van der Waals surface area contributed by atoms with E-state index in [0.29, 0.717) is 12.2 Å². The third kappa shape index (κ3) is 1.62. The van der Waals surface area contributed by atoms with E-state index in [9.17, 15) is 4.79 Å². The van der Waals surface area contributed by atoms with Gasteiger partial charge in [-0.3, -0.25) is 4.79 Å². The molecule has 0 atom stereocenters. The van der Waals surface area contributed by atoms with Gasteiger partial charge in [0.1, 0.15) is 5.69 Å². The monoisotopic (exact) mass is 154 g/mol. The standard InChI is InChI=1S/C6H10N4O/c1-7-4-6(11)5-3-8-9-10(5)2/h3,7H,4H2,1-2H3. The topological polar surface area (TPSA) is 59.8 Å². The zero-order valence-corrected chi connectivity index (χ0v) is 6.53. The third-order valence-electron chi connectivity index (χ3n) is 1.34. The minimum Gasteiger partial charge on any atom is -0.313 e. The number of hydrogen-bond donors (Lipinski definition) is 1. The molecule has 11 heavy (non-hydrogen) atoms. The SMILES string of the molecule is CNCC(=O)c1cnnn1C. The number of aryl methyl sites for hydroxylation is 1. The van der Waals surface area contributed by atoms with Gasteiger partial charge in [0.05, 0.1) is 12.7 Å². The van der Waals surface area contributed by atoms with Crippen molar-refractivity contribution >= 4 is 5.78 Å². The second-order valence-corrected chi connectivity index (χ2v) is 2.20. The van der Waals surface area contributed by atoms with Crippen molar-refractivity contribution in [3.05, 3.63) is 11.9 Å². The lowest BCUT2D eigenvalue weighted by Crippen LogP contribution is -2.20. The lowest BCUT2D eigenvalue weighted by Gasteiger charge is -1.97. The summed E-state index contributed by atoms with van der Waals surface area (Å²) in [5.74, 6) is 0.000000000000000444. The second kappa shape index (κ2) is 3.25. The predicted octanol–water partition coefficient (Wildman–Crippen LogP) is -0.783. The number of rotatable bonds is 3. The van der Waals surface area contributed by atoms with E-state index in [2.05, 4.69) is 15.6 Å². The van der Waals surface area contributed by atoms with Crippen molar-refractivity contribution < 1.29 is 4.79 Å². The number of Topliss-reactive ketones (excluding diaryl/α,β-unsaturated/α-hetero) is 1. The Bertz CT molecular complexity index is 255. The average molecular weight is 154 g/mol. The van der Waals surface area contributed by atoms with E-state index in [1.54, 1.807) is 14.1 Å². The molecule has 1 aromatic rings.